The number of furan rings is 1. The first-order valence-corrected chi connectivity index (χ1v) is 9.05. The molecule has 0 spiro atoms. The summed E-state index contributed by atoms with van der Waals surface area (Å²) in [5.74, 6) is 0.297. The highest BCUT2D eigenvalue weighted by molar-refractivity contribution is 6.12. The van der Waals surface area contributed by atoms with Gasteiger partial charge in [-0.1, -0.05) is 12.1 Å². The maximum Gasteiger partial charge on any atom is 0.344 e. The number of pyridine rings is 1. The number of H-pyrrole nitrogens is 1. The van der Waals surface area contributed by atoms with Gasteiger partial charge in [0, 0.05) is 17.0 Å². The summed E-state index contributed by atoms with van der Waals surface area (Å²) >= 11 is 0. The number of nitrogens with one attached hydrogen (secondary N) is 1. The lowest BCUT2D eigenvalue weighted by atomic mass is 9.99. The molecular formula is C22H19NO6. The third-order valence-electron chi connectivity index (χ3n) is 4.66. The molecule has 7 heteroatoms. The van der Waals surface area contributed by atoms with Crippen molar-refractivity contribution in [2.24, 2.45) is 0 Å². The van der Waals surface area contributed by atoms with Crippen LogP contribution in [0, 0.1) is 0 Å². The van der Waals surface area contributed by atoms with Gasteiger partial charge in [0.15, 0.2) is 5.58 Å². The monoisotopic (exact) mass is 393 g/mol. The van der Waals surface area contributed by atoms with Crippen LogP contribution in [0.5, 0.6) is 11.5 Å². The molecule has 0 saturated carbocycles. The molecule has 2 heterocycles. The first kappa shape index (κ1) is 18.6. The fraction of sp³-hybridized carbons (Fsp3) is 0.182. The molecule has 7 nitrogen and oxygen atoms in total. The van der Waals surface area contributed by atoms with Gasteiger partial charge in [-0.2, -0.15) is 0 Å². The number of fused-ring (bicyclic) bond motifs is 3. The molecule has 0 saturated heterocycles. The lowest BCUT2D eigenvalue weighted by molar-refractivity contribution is 0.0525. The summed E-state index contributed by atoms with van der Waals surface area (Å²) in [6, 6.07) is 12.5. The maximum absolute atomic E-state index is 12.9. The average Bonchev–Trinajstić information content (AvgIpc) is 3.10. The van der Waals surface area contributed by atoms with Gasteiger partial charge in [0.1, 0.15) is 22.6 Å². The van der Waals surface area contributed by atoms with Crippen LogP contribution in [-0.2, 0) is 4.74 Å². The van der Waals surface area contributed by atoms with E-state index in [9.17, 15) is 9.59 Å². The molecule has 0 radical (unpaired) electrons. The van der Waals surface area contributed by atoms with E-state index in [4.69, 9.17) is 18.6 Å². The van der Waals surface area contributed by atoms with E-state index in [1.807, 2.05) is 18.2 Å². The molecule has 4 rings (SSSR count). The van der Waals surface area contributed by atoms with Crippen LogP contribution in [0.1, 0.15) is 17.3 Å². The Bertz CT molecular complexity index is 1260. The predicted molar refractivity (Wildman–Crippen MR) is 109 cm³/mol. The molecule has 0 amide bonds. The van der Waals surface area contributed by atoms with Crippen molar-refractivity contribution in [1.29, 1.82) is 0 Å². The highest BCUT2D eigenvalue weighted by Gasteiger charge is 2.26. The van der Waals surface area contributed by atoms with Crippen LogP contribution in [0.4, 0.5) is 0 Å². The summed E-state index contributed by atoms with van der Waals surface area (Å²) < 4.78 is 21.9. The molecule has 2 aromatic carbocycles. The Kier molecular flexibility index (Phi) is 4.72. The number of rotatable bonds is 5. The number of aromatic amines is 1. The molecule has 0 bridgehead atoms. The summed E-state index contributed by atoms with van der Waals surface area (Å²) in [7, 11) is 3.05. The Hall–Kier alpha value is -3.74. The fourth-order valence-electron chi connectivity index (χ4n) is 3.37. The van der Waals surface area contributed by atoms with Crippen molar-refractivity contribution in [1.82, 2.24) is 4.98 Å². The van der Waals surface area contributed by atoms with Crippen molar-refractivity contribution in [2.45, 2.75) is 6.92 Å². The predicted octanol–water partition coefficient (Wildman–Crippen LogP) is 4.14. The van der Waals surface area contributed by atoms with Gasteiger partial charge in [0.25, 0.3) is 5.56 Å². The van der Waals surface area contributed by atoms with Crippen molar-refractivity contribution < 1.29 is 23.4 Å². The summed E-state index contributed by atoms with van der Waals surface area (Å²) in [5.41, 5.74) is 1.66. The molecular weight excluding hydrogens is 374 g/mol. The number of methoxy groups -OCH3 is 2. The zero-order valence-electron chi connectivity index (χ0n) is 16.2. The number of esters is 1. The summed E-state index contributed by atoms with van der Waals surface area (Å²) in [5, 5.41) is 0.742. The number of carbonyl (C=O) groups is 1. The summed E-state index contributed by atoms with van der Waals surface area (Å²) in [6.07, 6.45) is 0. The average molecular weight is 393 g/mol. The van der Waals surface area contributed by atoms with E-state index in [1.54, 1.807) is 31.2 Å². The molecule has 148 valence electrons. The Morgan fingerprint density at radius 3 is 2.41 bits per heavy atom. The zero-order valence-corrected chi connectivity index (χ0v) is 16.2. The number of carbonyl (C=O) groups excluding carboxylic acids is 1. The number of aromatic nitrogens is 1. The molecule has 0 unspecified atom stereocenters. The third-order valence-corrected chi connectivity index (χ3v) is 4.66. The van der Waals surface area contributed by atoms with Crippen LogP contribution in [0.25, 0.3) is 33.2 Å². The van der Waals surface area contributed by atoms with Crippen LogP contribution < -0.4 is 15.0 Å². The Balaban J connectivity index is 2.16. The lowest BCUT2D eigenvalue weighted by Crippen LogP contribution is -2.21. The molecule has 0 atom stereocenters. The molecule has 0 aliphatic rings. The quantitative estimate of drug-likeness (QED) is 0.513. The lowest BCUT2D eigenvalue weighted by Gasteiger charge is -2.12. The summed E-state index contributed by atoms with van der Waals surface area (Å²) in [4.78, 5) is 28.4. The first-order valence-electron chi connectivity index (χ1n) is 9.05. The second-order valence-corrected chi connectivity index (χ2v) is 6.33. The smallest absolute Gasteiger partial charge is 0.344 e. The fourth-order valence-corrected chi connectivity index (χ4v) is 3.37. The minimum absolute atomic E-state index is 0.131. The second-order valence-electron chi connectivity index (χ2n) is 6.33. The third kappa shape index (κ3) is 3.10. The van der Waals surface area contributed by atoms with E-state index in [1.165, 1.54) is 14.2 Å². The first-order chi connectivity index (χ1) is 14.1. The number of para-hydroxylation sites is 1. The number of ether oxygens (including phenoxy) is 3. The SMILES string of the molecule is CCOC(=O)c1c(-c2cc(OC)cc(OC)c2)c2oc3ccccc3c2[nH]c1=O. The van der Waals surface area contributed by atoms with E-state index >= 15 is 0 Å². The highest BCUT2D eigenvalue weighted by Crippen LogP contribution is 2.38. The van der Waals surface area contributed by atoms with Crippen molar-refractivity contribution in [3.63, 3.8) is 0 Å². The zero-order chi connectivity index (χ0) is 20.5. The molecule has 1 N–H and O–H groups in total. The minimum atomic E-state index is -0.729. The van der Waals surface area contributed by atoms with Gasteiger partial charge in [-0.05, 0) is 36.8 Å². The normalized spacial score (nSPS) is 11.0. The van der Waals surface area contributed by atoms with Crippen LogP contribution in [-0.4, -0.2) is 31.8 Å². The minimum Gasteiger partial charge on any atom is -0.497 e. The number of benzene rings is 2. The molecule has 4 aromatic rings. The second kappa shape index (κ2) is 7.35. The molecule has 0 aliphatic heterocycles. The largest absolute Gasteiger partial charge is 0.497 e. The van der Waals surface area contributed by atoms with E-state index < -0.39 is 11.5 Å². The number of hydrogen-bond donors (Lipinski definition) is 1. The van der Waals surface area contributed by atoms with Gasteiger partial charge in [-0.3, -0.25) is 4.79 Å². The van der Waals surface area contributed by atoms with E-state index in [2.05, 4.69) is 4.98 Å². The van der Waals surface area contributed by atoms with Crippen LogP contribution in [0.15, 0.2) is 51.7 Å². The van der Waals surface area contributed by atoms with Gasteiger partial charge in [-0.15, -0.1) is 0 Å². The van der Waals surface area contributed by atoms with Crippen LogP contribution in [0.3, 0.4) is 0 Å². The standard InChI is InChI=1S/C22H19NO6/c1-4-28-22(25)18-17(12-9-13(26-2)11-14(10-12)27-3)20-19(23-21(18)24)15-7-5-6-8-16(15)29-20/h5-11H,4H2,1-3H3,(H,23,24). The van der Waals surface area contributed by atoms with Crippen molar-refractivity contribution in [3.8, 4) is 22.6 Å². The van der Waals surface area contributed by atoms with Crippen LogP contribution >= 0.6 is 0 Å². The Morgan fingerprint density at radius 1 is 1.07 bits per heavy atom. The van der Waals surface area contributed by atoms with E-state index in [0.717, 1.165) is 5.39 Å². The van der Waals surface area contributed by atoms with Gasteiger partial charge >= 0.3 is 5.97 Å². The van der Waals surface area contributed by atoms with Crippen molar-refractivity contribution in [2.75, 3.05) is 20.8 Å². The van der Waals surface area contributed by atoms with Gasteiger partial charge in [0.2, 0.25) is 0 Å². The van der Waals surface area contributed by atoms with Crippen molar-refractivity contribution in [3.05, 3.63) is 58.4 Å². The Morgan fingerprint density at radius 2 is 1.76 bits per heavy atom. The Labute approximate surface area is 165 Å². The topological polar surface area (TPSA) is 90.8 Å². The number of hydrogen-bond acceptors (Lipinski definition) is 6. The highest BCUT2D eigenvalue weighted by atomic mass is 16.5. The van der Waals surface area contributed by atoms with Crippen molar-refractivity contribution >= 4 is 28.0 Å². The molecule has 0 aliphatic carbocycles. The van der Waals surface area contributed by atoms with E-state index in [-0.39, 0.29) is 12.2 Å². The van der Waals surface area contributed by atoms with Crippen LogP contribution in [0.2, 0.25) is 0 Å². The molecule has 29 heavy (non-hydrogen) atoms. The van der Waals surface area contributed by atoms with Gasteiger partial charge < -0.3 is 23.6 Å². The molecule has 0 fully saturated rings. The van der Waals surface area contributed by atoms with Gasteiger partial charge in [-0.25, -0.2) is 4.79 Å². The van der Waals surface area contributed by atoms with E-state index in [0.29, 0.717) is 39.3 Å². The van der Waals surface area contributed by atoms with Gasteiger partial charge in [0.05, 0.1) is 26.3 Å². The maximum atomic E-state index is 12.9. The molecule has 2 aromatic heterocycles. The summed E-state index contributed by atoms with van der Waals surface area (Å²) in [6.45, 7) is 1.82.